The smallest absolute Gasteiger partial charge is 0.260 e. The van der Waals surface area contributed by atoms with Gasteiger partial charge in [0.25, 0.3) is 11.5 Å². The van der Waals surface area contributed by atoms with Crippen molar-refractivity contribution in [2.24, 2.45) is 0 Å². The van der Waals surface area contributed by atoms with Crippen LogP contribution in [-0.2, 0) is 16.8 Å². The number of ether oxygens (including phenoxy) is 2. The first kappa shape index (κ1) is 17.8. The second-order valence-corrected chi connectivity index (χ2v) is 7.26. The van der Waals surface area contributed by atoms with E-state index in [0.29, 0.717) is 32.5 Å². The summed E-state index contributed by atoms with van der Waals surface area (Å²) in [4.78, 5) is 29.4. The molecule has 0 radical (unpaired) electrons. The summed E-state index contributed by atoms with van der Waals surface area (Å²) >= 11 is 0. The highest BCUT2D eigenvalue weighted by Crippen LogP contribution is 2.45. The van der Waals surface area contributed by atoms with Crippen LogP contribution in [0.25, 0.3) is 0 Å². The van der Waals surface area contributed by atoms with Crippen LogP contribution >= 0.6 is 0 Å². The Morgan fingerprint density at radius 1 is 1.22 bits per heavy atom. The summed E-state index contributed by atoms with van der Waals surface area (Å²) in [5.74, 6) is 0.629. The van der Waals surface area contributed by atoms with Gasteiger partial charge in [0.05, 0.1) is 13.7 Å². The van der Waals surface area contributed by atoms with Crippen LogP contribution in [0.3, 0.4) is 0 Å². The molecule has 4 rings (SSSR count). The fourth-order valence-electron chi connectivity index (χ4n) is 4.28. The van der Waals surface area contributed by atoms with Gasteiger partial charge in [-0.1, -0.05) is 12.1 Å². The van der Waals surface area contributed by atoms with Gasteiger partial charge in [-0.2, -0.15) is 0 Å². The molecule has 2 aromatic rings. The van der Waals surface area contributed by atoms with Crippen LogP contribution in [0.2, 0.25) is 0 Å². The molecule has 2 aliphatic heterocycles. The average Bonchev–Trinajstić information content (AvgIpc) is 2.68. The molecule has 1 aromatic heterocycles. The molecule has 27 heavy (non-hydrogen) atoms. The van der Waals surface area contributed by atoms with E-state index in [1.54, 1.807) is 31.1 Å². The predicted molar refractivity (Wildman–Crippen MR) is 101 cm³/mol. The van der Waals surface area contributed by atoms with Crippen LogP contribution in [-0.4, -0.2) is 42.6 Å². The number of methoxy groups -OCH3 is 1. The lowest BCUT2D eigenvalue weighted by atomic mass is 9.78. The van der Waals surface area contributed by atoms with Gasteiger partial charge < -0.3 is 19.4 Å². The molecule has 0 unspecified atom stereocenters. The summed E-state index contributed by atoms with van der Waals surface area (Å²) in [7, 11) is 1.68. The van der Waals surface area contributed by atoms with Crippen LogP contribution < -0.4 is 10.3 Å². The largest absolute Gasteiger partial charge is 0.496 e. The Labute approximate surface area is 158 Å². The number of likely N-dealkylation sites (tertiary alicyclic amines) is 1. The quantitative estimate of drug-likeness (QED) is 0.884. The topological polar surface area (TPSA) is 71.6 Å². The normalized spacial score (nSPS) is 18.2. The Hall–Kier alpha value is -2.60. The van der Waals surface area contributed by atoms with E-state index in [2.05, 4.69) is 11.1 Å². The van der Waals surface area contributed by atoms with Gasteiger partial charge >= 0.3 is 0 Å². The first-order valence-electron chi connectivity index (χ1n) is 9.33. The van der Waals surface area contributed by atoms with E-state index in [9.17, 15) is 9.59 Å². The van der Waals surface area contributed by atoms with E-state index < -0.39 is 5.60 Å². The van der Waals surface area contributed by atoms with Crippen molar-refractivity contribution in [1.29, 1.82) is 0 Å². The van der Waals surface area contributed by atoms with Crippen molar-refractivity contribution >= 4 is 5.91 Å². The number of piperidine rings is 1. The number of pyridine rings is 1. The summed E-state index contributed by atoms with van der Waals surface area (Å²) in [6.45, 7) is 3.56. The molecular weight excluding hydrogens is 344 g/mol. The number of aryl methyl sites for hydroxylation is 1. The van der Waals surface area contributed by atoms with Crippen molar-refractivity contribution in [1.82, 2.24) is 9.88 Å². The number of fused-ring (bicyclic) bond motifs is 2. The van der Waals surface area contributed by atoms with Crippen LogP contribution in [0, 0.1) is 6.92 Å². The van der Waals surface area contributed by atoms with Crippen molar-refractivity contribution in [3.8, 4) is 5.75 Å². The molecule has 0 atom stereocenters. The van der Waals surface area contributed by atoms with E-state index in [-0.39, 0.29) is 17.0 Å². The zero-order chi connectivity index (χ0) is 19.0. The Kier molecular flexibility index (Phi) is 4.52. The highest BCUT2D eigenvalue weighted by molar-refractivity contribution is 5.93. The summed E-state index contributed by atoms with van der Waals surface area (Å²) in [6, 6.07) is 9.48. The highest BCUT2D eigenvalue weighted by atomic mass is 16.5. The van der Waals surface area contributed by atoms with Crippen molar-refractivity contribution in [2.45, 2.75) is 31.8 Å². The number of benzene rings is 1. The zero-order valence-corrected chi connectivity index (χ0v) is 15.7. The number of hydrogen-bond acceptors (Lipinski definition) is 4. The summed E-state index contributed by atoms with van der Waals surface area (Å²) in [5.41, 5.74) is 2.57. The fourth-order valence-corrected chi connectivity index (χ4v) is 4.28. The highest BCUT2D eigenvalue weighted by Gasteiger charge is 2.43. The van der Waals surface area contributed by atoms with Crippen molar-refractivity contribution < 1.29 is 14.3 Å². The molecule has 3 heterocycles. The Balaban J connectivity index is 1.58. The molecule has 0 bridgehead atoms. The number of rotatable bonds is 2. The molecule has 2 aliphatic rings. The fraction of sp³-hybridized carbons (Fsp3) is 0.429. The van der Waals surface area contributed by atoms with E-state index in [4.69, 9.17) is 9.47 Å². The van der Waals surface area contributed by atoms with Gasteiger partial charge in [-0.3, -0.25) is 9.59 Å². The molecule has 6 heteroatoms. The molecule has 142 valence electrons. The number of aromatic amines is 1. The van der Waals surface area contributed by atoms with Crippen molar-refractivity contribution in [3.05, 3.63) is 63.1 Å². The molecule has 1 aromatic carbocycles. The number of carbonyl (C=O) groups excluding carboxylic acids is 1. The minimum absolute atomic E-state index is 0.194. The second-order valence-electron chi connectivity index (χ2n) is 7.26. The number of hydrogen-bond donors (Lipinski definition) is 1. The number of nitrogens with one attached hydrogen (secondary N) is 1. The lowest BCUT2D eigenvalue weighted by molar-refractivity contribution is -0.0946. The molecule has 1 spiro atoms. The first-order chi connectivity index (χ1) is 13.0. The average molecular weight is 368 g/mol. The Bertz CT molecular complexity index is 912. The van der Waals surface area contributed by atoms with Gasteiger partial charge in [0.1, 0.15) is 16.9 Å². The number of nitrogens with zero attached hydrogens (tertiary/aromatic N) is 1. The van der Waals surface area contributed by atoms with Crippen LogP contribution in [0.4, 0.5) is 0 Å². The Morgan fingerprint density at radius 2 is 2.00 bits per heavy atom. The lowest BCUT2D eigenvalue weighted by Crippen LogP contribution is -2.49. The summed E-state index contributed by atoms with van der Waals surface area (Å²) < 4.78 is 11.9. The molecule has 0 saturated carbocycles. The van der Waals surface area contributed by atoms with Crippen LogP contribution in [0.5, 0.6) is 5.75 Å². The third-order valence-corrected chi connectivity index (χ3v) is 5.68. The van der Waals surface area contributed by atoms with Gasteiger partial charge in [-0.05, 0) is 49.9 Å². The molecular formula is C21H24N2O4. The van der Waals surface area contributed by atoms with Gasteiger partial charge in [0, 0.05) is 24.3 Å². The molecule has 1 saturated heterocycles. The third kappa shape index (κ3) is 3.04. The zero-order valence-electron chi connectivity index (χ0n) is 15.7. The standard InChI is InChI=1S/C21H24N2O4/c1-14-6-7-16(19(24)22-14)20(25)23-11-9-21(10-12-23)18-15(8-13-27-21)4-3-5-17(18)26-2/h3-7H,8-13H2,1-2H3,(H,22,24). The van der Waals surface area contributed by atoms with Crippen LogP contribution in [0.1, 0.15) is 40.0 Å². The minimum atomic E-state index is -0.420. The summed E-state index contributed by atoms with van der Waals surface area (Å²) in [6.07, 6.45) is 2.25. The second kappa shape index (κ2) is 6.85. The van der Waals surface area contributed by atoms with E-state index >= 15 is 0 Å². The molecule has 6 nitrogen and oxygen atoms in total. The number of H-pyrrole nitrogens is 1. The third-order valence-electron chi connectivity index (χ3n) is 5.68. The van der Waals surface area contributed by atoms with Crippen molar-refractivity contribution in [2.75, 3.05) is 26.8 Å². The lowest BCUT2D eigenvalue weighted by Gasteiger charge is -2.45. The SMILES string of the molecule is COc1cccc2c1C1(CCN(C(=O)c3ccc(C)[nH]c3=O)CC1)OCC2. The maximum atomic E-state index is 12.8. The number of carbonyl (C=O) groups is 1. The maximum Gasteiger partial charge on any atom is 0.260 e. The van der Waals surface area contributed by atoms with Crippen LogP contribution in [0.15, 0.2) is 35.1 Å². The number of aromatic nitrogens is 1. The van der Waals surface area contributed by atoms with Gasteiger partial charge in [-0.15, -0.1) is 0 Å². The molecule has 0 aliphatic carbocycles. The van der Waals surface area contributed by atoms with Crippen molar-refractivity contribution in [3.63, 3.8) is 0 Å². The first-order valence-corrected chi connectivity index (χ1v) is 9.33. The van der Waals surface area contributed by atoms with E-state index in [1.165, 1.54) is 5.56 Å². The van der Waals surface area contributed by atoms with E-state index in [0.717, 1.165) is 23.4 Å². The van der Waals surface area contributed by atoms with Gasteiger partial charge in [-0.25, -0.2) is 0 Å². The minimum Gasteiger partial charge on any atom is -0.496 e. The Morgan fingerprint density at radius 3 is 2.70 bits per heavy atom. The maximum absolute atomic E-state index is 12.8. The number of amides is 1. The van der Waals surface area contributed by atoms with Gasteiger partial charge in [0.15, 0.2) is 0 Å². The molecule has 1 N–H and O–H groups in total. The van der Waals surface area contributed by atoms with E-state index in [1.807, 2.05) is 12.1 Å². The predicted octanol–water partition coefficient (Wildman–Crippen LogP) is 2.40. The summed E-state index contributed by atoms with van der Waals surface area (Å²) in [5, 5.41) is 0. The van der Waals surface area contributed by atoms with Gasteiger partial charge in [0.2, 0.25) is 0 Å². The molecule has 1 fully saturated rings. The molecule has 1 amide bonds. The monoisotopic (exact) mass is 368 g/mol.